The molecule has 1 aliphatic rings. The molecule has 0 radical (unpaired) electrons. The predicted octanol–water partition coefficient (Wildman–Crippen LogP) is 3.61. The summed E-state index contributed by atoms with van der Waals surface area (Å²) < 4.78 is 7.49. The summed E-state index contributed by atoms with van der Waals surface area (Å²) >= 11 is 1.80. The number of amides is 1. The standard InChI is InChI=1S/C21H26N4O2S/c1-15(14-27-2)25-19(23-17-5-4-10-22-21(17)25)6-3-7-20(26)24-11-8-18-16(13-24)9-12-28-18/h4-5,9-10,12,15H,3,6-8,11,13-14H2,1-2H3/t15-/m0/s1. The molecule has 3 aromatic rings. The zero-order valence-electron chi connectivity index (χ0n) is 16.4. The van der Waals surface area contributed by atoms with Crippen LogP contribution in [-0.4, -0.2) is 45.6 Å². The van der Waals surface area contributed by atoms with E-state index in [9.17, 15) is 4.79 Å². The Morgan fingerprint density at radius 2 is 2.29 bits per heavy atom. The summed E-state index contributed by atoms with van der Waals surface area (Å²) in [4.78, 5) is 25.4. The van der Waals surface area contributed by atoms with Crippen LogP contribution < -0.4 is 0 Å². The molecule has 0 aliphatic carbocycles. The fourth-order valence-electron chi connectivity index (χ4n) is 3.95. The molecule has 148 valence electrons. The van der Waals surface area contributed by atoms with Gasteiger partial charge in [0.2, 0.25) is 5.91 Å². The Bertz CT molecular complexity index is 964. The first kappa shape index (κ1) is 19.1. The number of rotatable bonds is 7. The Labute approximate surface area is 169 Å². The molecule has 28 heavy (non-hydrogen) atoms. The summed E-state index contributed by atoms with van der Waals surface area (Å²) in [6.07, 6.45) is 4.87. The van der Waals surface area contributed by atoms with E-state index in [0.717, 1.165) is 49.3 Å². The van der Waals surface area contributed by atoms with Crippen molar-refractivity contribution in [3.8, 4) is 0 Å². The number of hydrogen-bond acceptors (Lipinski definition) is 5. The van der Waals surface area contributed by atoms with Crippen LogP contribution in [0.3, 0.4) is 0 Å². The number of imidazole rings is 1. The van der Waals surface area contributed by atoms with E-state index in [2.05, 4.69) is 27.9 Å². The second-order valence-corrected chi connectivity index (χ2v) is 8.34. The van der Waals surface area contributed by atoms with Crippen LogP contribution in [0.5, 0.6) is 0 Å². The lowest BCUT2D eigenvalue weighted by atomic mass is 10.1. The van der Waals surface area contributed by atoms with E-state index in [1.54, 1.807) is 24.6 Å². The summed E-state index contributed by atoms with van der Waals surface area (Å²) in [7, 11) is 1.71. The van der Waals surface area contributed by atoms with Gasteiger partial charge in [0.15, 0.2) is 5.65 Å². The van der Waals surface area contributed by atoms with Crippen LogP contribution in [0.4, 0.5) is 0 Å². The first-order chi connectivity index (χ1) is 13.7. The average molecular weight is 399 g/mol. The fraction of sp³-hybridized carbons (Fsp3) is 0.476. The Morgan fingerprint density at radius 1 is 1.39 bits per heavy atom. The van der Waals surface area contributed by atoms with Crippen LogP contribution in [0.25, 0.3) is 11.2 Å². The molecular weight excluding hydrogens is 372 g/mol. The van der Waals surface area contributed by atoms with Crippen LogP contribution in [0.15, 0.2) is 29.8 Å². The van der Waals surface area contributed by atoms with Crippen LogP contribution in [0.2, 0.25) is 0 Å². The minimum absolute atomic E-state index is 0.148. The van der Waals surface area contributed by atoms with Crippen molar-refractivity contribution in [2.24, 2.45) is 0 Å². The molecule has 0 fully saturated rings. The highest BCUT2D eigenvalue weighted by molar-refractivity contribution is 7.10. The van der Waals surface area contributed by atoms with Crippen molar-refractivity contribution in [1.29, 1.82) is 0 Å². The molecule has 0 bridgehead atoms. The molecule has 4 heterocycles. The van der Waals surface area contributed by atoms with Crippen molar-refractivity contribution < 1.29 is 9.53 Å². The summed E-state index contributed by atoms with van der Waals surface area (Å²) in [6.45, 7) is 4.30. The van der Waals surface area contributed by atoms with E-state index in [1.165, 1.54) is 10.4 Å². The van der Waals surface area contributed by atoms with Crippen molar-refractivity contribution in [3.63, 3.8) is 0 Å². The fourth-order valence-corrected chi connectivity index (χ4v) is 4.84. The normalized spacial score (nSPS) is 15.0. The lowest BCUT2D eigenvalue weighted by molar-refractivity contribution is -0.132. The van der Waals surface area contributed by atoms with Gasteiger partial charge in [0.05, 0.1) is 12.6 Å². The minimum Gasteiger partial charge on any atom is -0.383 e. The summed E-state index contributed by atoms with van der Waals surface area (Å²) in [6, 6.07) is 6.18. The number of carbonyl (C=O) groups excluding carboxylic acids is 1. The first-order valence-electron chi connectivity index (χ1n) is 9.81. The SMILES string of the molecule is COC[C@H](C)n1c(CCCC(=O)N2CCc3sccc3C2)nc2cccnc21. The first-order valence-corrected chi connectivity index (χ1v) is 10.7. The Hall–Kier alpha value is -2.25. The molecule has 1 aliphatic heterocycles. The van der Waals surface area contributed by atoms with Gasteiger partial charge in [0.25, 0.3) is 0 Å². The third kappa shape index (κ3) is 3.82. The van der Waals surface area contributed by atoms with Crippen molar-refractivity contribution in [2.75, 3.05) is 20.3 Å². The van der Waals surface area contributed by atoms with E-state index in [1.807, 2.05) is 17.0 Å². The molecule has 7 heteroatoms. The number of carbonyl (C=O) groups is 1. The molecule has 0 unspecified atom stereocenters. The number of thiophene rings is 1. The smallest absolute Gasteiger partial charge is 0.222 e. The maximum absolute atomic E-state index is 12.7. The minimum atomic E-state index is 0.148. The van der Waals surface area contributed by atoms with Gasteiger partial charge in [-0.1, -0.05) is 0 Å². The summed E-state index contributed by atoms with van der Waals surface area (Å²) in [5.41, 5.74) is 3.09. The van der Waals surface area contributed by atoms with E-state index < -0.39 is 0 Å². The second-order valence-electron chi connectivity index (χ2n) is 7.34. The molecule has 4 rings (SSSR count). The van der Waals surface area contributed by atoms with Gasteiger partial charge < -0.3 is 14.2 Å². The molecule has 0 spiro atoms. The number of aromatic nitrogens is 3. The Balaban J connectivity index is 1.41. The molecule has 6 nitrogen and oxygen atoms in total. The molecule has 0 N–H and O–H groups in total. The van der Waals surface area contributed by atoms with Gasteiger partial charge in [-0.3, -0.25) is 4.79 Å². The molecule has 3 aromatic heterocycles. The largest absolute Gasteiger partial charge is 0.383 e. The van der Waals surface area contributed by atoms with Crippen molar-refractivity contribution in [2.45, 2.75) is 45.2 Å². The monoisotopic (exact) mass is 398 g/mol. The van der Waals surface area contributed by atoms with E-state index >= 15 is 0 Å². The number of nitrogens with zero attached hydrogens (tertiary/aromatic N) is 4. The summed E-state index contributed by atoms with van der Waals surface area (Å²) in [5, 5.41) is 2.12. The third-order valence-corrected chi connectivity index (χ3v) is 6.34. The van der Waals surface area contributed by atoms with Crippen LogP contribution in [0.1, 0.15) is 42.1 Å². The molecule has 1 amide bonds. The van der Waals surface area contributed by atoms with Crippen molar-refractivity contribution in [3.05, 3.63) is 46.0 Å². The summed E-state index contributed by atoms with van der Waals surface area (Å²) in [5.74, 6) is 1.22. The highest BCUT2D eigenvalue weighted by Gasteiger charge is 2.22. The van der Waals surface area contributed by atoms with Gasteiger partial charge >= 0.3 is 0 Å². The maximum atomic E-state index is 12.7. The lowest BCUT2D eigenvalue weighted by Crippen LogP contribution is -2.35. The van der Waals surface area contributed by atoms with E-state index in [4.69, 9.17) is 9.72 Å². The number of fused-ring (bicyclic) bond motifs is 2. The number of methoxy groups -OCH3 is 1. The Morgan fingerprint density at radius 3 is 3.14 bits per heavy atom. The molecule has 0 aromatic carbocycles. The zero-order chi connectivity index (χ0) is 19.5. The molecular formula is C21H26N4O2S. The number of ether oxygens (including phenoxy) is 1. The molecule has 1 atom stereocenters. The van der Waals surface area contributed by atoms with Gasteiger partial charge in [-0.15, -0.1) is 11.3 Å². The highest BCUT2D eigenvalue weighted by atomic mass is 32.1. The van der Waals surface area contributed by atoms with Gasteiger partial charge in [-0.25, -0.2) is 9.97 Å². The van der Waals surface area contributed by atoms with Crippen LogP contribution >= 0.6 is 11.3 Å². The van der Waals surface area contributed by atoms with Gasteiger partial charge in [0.1, 0.15) is 11.3 Å². The topological polar surface area (TPSA) is 60.2 Å². The van der Waals surface area contributed by atoms with E-state index in [-0.39, 0.29) is 11.9 Å². The number of hydrogen-bond donors (Lipinski definition) is 0. The van der Waals surface area contributed by atoms with Gasteiger partial charge in [0, 0.05) is 44.1 Å². The van der Waals surface area contributed by atoms with Gasteiger partial charge in [-0.2, -0.15) is 0 Å². The zero-order valence-corrected chi connectivity index (χ0v) is 17.2. The lowest BCUT2D eigenvalue weighted by Gasteiger charge is -2.27. The second kappa shape index (κ2) is 8.41. The molecule has 0 saturated heterocycles. The van der Waals surface area contributed by atoms with Crippen molar-refractivity contribution in [1.82, 2.24) is 19.4 Å². The molecule has 0 saturated carbocycles. The van der Waals surface area contributed by atoms with Gasteiger partial charge in [-0.05, 0) is 48.9 Å². The average Bonchev–Trinajstić information content (AvgIpc) is 3.31. The Kier molecular flexibility index (Phi) is 5.73. The number of aryl methyl sites for hydroxylation is 1. The predicted molar refractivity (Wildman–Crippen MR) is 110 cm³/mol. The number of pyridine rings is 1. The third-order valence-electron chi connectivity index (χ3n) is 5.32. The van der Waals surface area contributed by atoms with Crippen molar-refractivity contribution >= 4 is 28.4 Å². The van der Waals surface area contributed by atoms with Crippen LogP contribution in [0, 0.1) is 0 Å². The quantitative estimate of drug-likeness (QED) is 0.610. The van der Waals surface area contributed by atoms with Crippen LogP contribution in [-0.2, 0) is 28.9 Å². The maximum Gasteiger partial charge on any atom is 0.222 e. The van der Waals surface area contributed by atoms with E-state index in [0.29, 0.717) is 13.0 Å². The highest BCUT2D eigenvalue weighted by Crippen LogP contribution is 2.25.